The molecule has 3 aromatic heterocycles. The summed E-state index contributed by atoms with van der Waals surface area (Å²) in [6.07, 6.45) is -0.387. The van der Waals surface area contributed by atoms with Crippen LogP contribution in [0.5, 0.6) is 11.5 Å². The Hall–Kier alpha value is -2.62. The first-order valence-electron chi connectivity index (χ1n) is 8.91. The maximum atomic E-state index is 9.31. The molecule has 144 valence electrons. The highest BCUT2D eigenvalue weighted by molar-refractivity contribution is 5.86. The molecule has 0 spiro atoms. The number of anilines is 1. The smallest absolute Gasteiger partial charge is 0.206 e. The van der Waals surface area contributed by atoms with Gasteiger partial charge in [0, 0.05) is 5.41 Å². The van der Waals surface area contributed by atoms with Gasteiger partial charge in [0.05, 0.1) is 35.6 Å². The molecule has 0 unspecified atom stereocenters. The highest BCUT2D eigenvalue weighted by Crippen LogP contribution is 2.45. The summed E-state index contributed by atoms with van der Waals surface area (Å²) in [5.41, 5.74) is 6.41. The summed E-state index contributed by atoms with van der Waals surface area (Å²) in [4.78, 5) is 9.80. The lowest BCUT2D eigenvalue weighted by molar-refractivity contribution is -0.227. The molecular formula is C18H22N4O5. The van der Waals surface area contributed by atoms with E-state index in [0.29, 0.717) is 49.4 Å². The first kappa shape index (κ1) is 16.5. The minimum absolute atomic E-state index is 0.0321. The Balaban J connectivity index is 1.45. The molecule has 9 nitrogen and oxygen atoms in total. The predicted octanol–water partition coefficient (Wildman–Crippen LogP) is 3.14. The van der Waals surface area contributed by atoms with Gasteiger partial charge in [-0.15, -0.1) is 0 Å². The lowest BCUT2D eigenvalue weighted by atomic mass is 9.95. The molecule has 3 aromatic rings. The third-order valence-electron chi connectivity index (χ3n) is 4.80. The van der Waals surface area contributed by atoms with Crippen LogP contribution in [0.25, 0.3) is 22.4 Å². The van der Waals surface area contributed by atoms with Crippen LogP contribution < -0.4 is 15.0 Å². The number of aromatic nitrogens is 3. The van der Waals surface area contributed by atoms with E-state index in [1.54, 1.807) is 0 Å². The fourth-order valence-corrected chi connectivity index (χ4v) is 3.47. The van der Waals surface area contributed by atoms with Crippen molar-refractivity contribution in [2.75, 3.05) is 31.9 Å². The summed E-state index contributed by atoms with van der Waals surface area (Å²) in [6.45, 7) is 6.43. The van der Waals surface area contributed by atoms with E-state index in [1.807, 2.05) is 12.1 Å². The van der Waals surface area contributed by atoms with Crippen LogP contribution in [0.4, 0.5) is 5.82 Å². The molecule has 5 rings (SSSR count). The molecule has 2 aliphatic heterocycles. The van der Waals surface area contributed by atoms with Gasteiger partial charge in [0.2, 0.25) is 5.75 Å². The number of rotatable bonds is 3. The Morgan fingerprint density at radius 2 is 1.70 bits per heavy atom. The van der Waals surface area contributed by atoms with Crippen molar-refractivity contribution in [2.24, 2.45) is 5.41 Å². The average Bonchev–Trinajstić information content (AvgIpc) is 3.32. The molecule has 5 N–H and O–H groups in total. The largest absolute Gasteiger partial charge is 0.484 e. The SMILES string of the molecule is CC1(C)COC(c2cc3[nH]c(-c4[nH]c(NO)c5c4OCCO5)cc3[nH]2)OC1. The van der Waals surface area contributed by atoms with E-state index < -0.39 is 0 Å². The molecule has 5 heterocycles. The van der Waals surface area contributed by atoms with Crippen LogP contribution in [0, 0.1) is 5.41 Å². The normalized spacial score (nSPS) is 19.5. The van der Waals surface area contributed by atoms with Crippen molar-refractivity contribution >= 4 is 16.9 Å². The van der Waals surface area contributed by atoms with Crippen molar-refractivity contribution in [1.29, 1.82) is 0 Å². The Labute approximate surface area is 154 Å². The van der Waals surface area contributed by atoms with Gasteiger partial charge in [-0.2, -0.15) is 0 Å². The number of fused-ring (bicyclic) bond motifs is 2. The molecule has 0 saturated carbocycles. The second-order valence-electron chi connectivity index (χ2n) is 7.70. The number of aromatic amines is 3. The second-order valence-corrected chi connectivity index (χ2v) is 7.70. The standard InChI is InChI=1S/C18H22N4O5/c1-18(2)7-26-17(27-8-18)12-6-10-9(20-12)5-11(19-10)13-14-15(16(21-13)22-23)25-4-3-24-14/h5-6,17,19-23H,3-4,7-8H2,1-2H3. The first-order valence-corrected chi connectivity index (χ1v) is 8.91. The minimum Gasteiger partial charge on any atom is -0.484 e. The lowest BCUT2D eigenvalue weighted by Crippen LogP contribution is -2.33. The topological polar surface area (TPSA) is 117 Å². The van der Waals surface area contributed by atoms with E-state index in [0.717, 1.165) is 22.4 Å². The molecule has 0 bridgehead atoms. The van der Waals surface area contributed by atoms with Gasteiger partial charge in [-0.25, -0.2) is 0 Å². The van der Waals surface area contributed by atoms with E-state index in [2.05, 4.69) is 34.3 Å². The second kappa shape index (κ2) is 5.95. The van der Waals surface area contributed by atoms with Crippen molar-refractivity contribution in [1.82, 2.24) is 15.0 Å². The predicted molar refractivity (Wildman–Crippen MR) is 97.3 cm³/mol. The van der Waals surface area contributed by atoms with Gasteiger partial charge in [0.25, 0.3) is 0 Å². The maximum absolute atomic E-state index is 9.31. The van der Waals surface area contributed by atoms with Crippen molar-refractivity contribution in [3.8, 4) is 22.9 Å². The van der Waals surface area contributed by atoms with Gasteiger partial charge < -0.3 is 33.9 Å². The fourth-order valence-electron chi connectivity index (χ4n) is 3.47. The molecule has 0 atom stereocenters. The van der Waals surface area contributed by atoms with Crippen molar-refractivity contribution in [3.63, 3.8) is 0 Å². The third-order valence-corrected chi connectivity index (χ3v) is 4.80. The number of nitrogens with one attached hydrogen (secondary N) is 4. The van der Waals surface area contributed by atoms with Crippen LogP contribution in [0.15, 0.2) is 12.1 Å². The van der Waals surface area contributed by atoms with E-state index in [-0.39, 0.29) is 11.7 Å². The summed E-state index contributed by atoms with van der Waals surface area (Å²) in [5.74, 6) is 1.41. The lowest BCUT2D eigenvalue weighted by Gasteiger charge is -2.34. The van der Waals surface area contributed by atoms with E-state index >= 15 is 0 Å². The highest BCUT2D eigenvalue weighted by atomic mass is 16.7. The fraction of sp³-hybridized carbons (Fsp3) is 0.444. The van der Waals surface area contributed by atoms with Crippen LogP contribution >= 0.6 is 0 Å². The average molecular weight is 374 g/mol. The Morgan fingerprint density at radius 1 is 1.00 bits per heavy atom. The van der Waals surface area contributed by atoms with E-state index in [9.17, 15) is 5.21 Å². The molecule has 27 heavy (non-hydrogen) atoms. The van der Waals surface area contributed by atoms with Crippen LogP contribution in [0.2, 0.25) is 0 Å². The zero-order chi connectivity index (χ0) is 18.6. The molecule has 0 aliphatic carbocycles. The highest BCUT2D eigenvalue weighted by Gasteiger charge is 2.30. The van der Waals surface area contributed by atoms with Gasteiger partial charge in [0.15, 0.2) is 17.9 Å². The zero-order valence-electron chi connectivity index (χ0n) is 15.1. The Kier molecular flexibility index (Phi) is 3.64. The van der Waals surface area contributed by atoms with E-state index in [1.165, 1.54) is 0 Å². The van der Waals surface area contributed by atoms with Crippen LogP contribution in [0.3, 0.4) is 0 Å². The monoisotopic (exact) mass is 374 g/mol. The molecular weight excluding hydrogens is 352 g/mol. The molecule has 1 fully saturated rings. The number of hydrogen-bond acceptors (Lipinski definition) is 6. The first-order chi connectivity index (χ1) is 13.0. The number of ether oxygens (including phenoxy) is 4. The summed E-state index contributed by atoms with van der Waals surface area (Å²) in [5, 5.41) is 9.31. The minimum atomic E-state index is -0.387. The number of hydrogen-bond donors (Lipinski definition) is 5. The van der Waals surface area contributed by atoms with Crippen molar-refractivity contribution < 1.29 is 24.2 Å². The summed E-state index contributed by atoms with van der Waals surface area (Å²) >= 11 is 0. The Morgan fingerprint density at radius 3 is 2.41 bits per heavy atom. The number of H-pyrrole nitrogens is 3. The molecule has 9 heteroatoms. The summed E-state index contributed by atoms with van der Waals surface area (Å²) in [6, 6.07) is 3.95. The molecule has 0 amide bonds. The van der Waals surface area contributed by atoms with Crippen molar-refractivity contribution in [3.05, 3.63) is 17.8 Å². The van der Waals surface area contributed by atoms with Gasteiger partial charge in [-0.05, 0) is 12.1 Å². The molecule has 0 aromatic carbocycles. The summed E-state index contributed by atoms with van der Waals surface area (Å²) in [7, 11) is 0. The van der Waals surface area contributed by atoms with Crippen molar-refractivity contribution in [2.45, 2.75) is 20.1 Å². The molecule has 0 radical (unpaired) electrons. The van der Waals surface area contributed by atoms with Gasteiger partial charge in [-0.1, -0.05) is 13.8 Å². The maximum Gasteiger partial charge on any atom is 0.206 e. The van der Waals surface area contributed by atoms with Crippen LogP contribution in [-0.4, -0.2) is 46.6 Å². The van der Waals surface area contributed by atoms with Gasteiger partial charge >= 0.3 is 0 Å². The van der Waals surface area contributed by atoms with Gasteiger partial charge in [-0.3, -0.25) is 10.7 Å². The van der Waals surface area contributed by atoms with E-state index in [4.69, 9.17) is 18.9 Å². The molecule has 1 saturated heterocycles. The quantitative estimate of drug-likeness (QED) is 0.450. The molecule has 2 aliphatic rings. The summed E-state index contributed by atoms with van der Waals surface area (Å²) < 4.78 is 23.0. The van der Waals surface area contributed by atoms with Gasteiger partial charge in [0.1, 0.15) is 18.9 Å². The Bertz CT molecular complexity index is 944. The van der Waals surface area contributed by atoms with Crippen LogP contribution in [0.1, 0.15) is 25.8 Å². The third kappa shape index (κ3) is 2.75. The zero-order valence-corrected chi connectivity index (χ0v) is 15.1. The van der Waals surface area contributed by atoms with Crippen LogP contribution in [-0.2, 0) is 9.47 Å².